The molecule has 0 aromatic rings. The molecule has 0 saturated heterocycles. The third-order valence-corrected chi connectivity index (χ3v) is 33.4. The molecule has 0 fully saturated rings. The minimum absolute atomic E-state index is 1.47. The third kappa shape index (κ3) is 5.36. The molecular weight excluding hydrogens is 345 g/mol. The van der Waals surface area contributed by atoms with Gasteiger partial charge in [0, 0.05) is 0 Å². The summed E-state index contributed by atoms with van der Waals surface area (Å²) < 4.78 is 0. The van der Waals surface area contributed by atoms with E-state index >= 15 is 0 Å². The first-order valence-electron chi connectivity index (χ1n) is 7.43. The molecule has 3 heteroatoms. The average molecular weight is 378 g/mol. The molecule has 17 heavy (non-hydrogen) atoms. The Hall–Kier alpha value is 1.18. The van der Waals surface area contributed by atoms with Crippen LogP contribution in [0.4, 0.5) is 0 Å². The zero-order valence-electron chi connectivity index (χ0n) is 12.8. The zero-order valence-corrected chi connectivity index (χ0v) is 17.8. The van der Waals surface area contributed by atoms with Crippen molar-refractivity contribution in [1.29, 1.82) is 0 Å². The van der Waals surface area contributed by atoms with Gasteiger partial charge in [-0.3, -0.25) is 0 Å². The van der Waals surface area contributed by atoms with Crippen LogP contribution in [-0.2, 0) is 0 Å². The molecule has 0 aliphatic heterocycles. The average Bonchev–Trinajstić information content (AvgIpc) is 2.41. The van der Waals surface area contributed by atoms with Gasteiger partial charge in [0.1, 0.15) is 0 Å². The topological polar surface area (TPSA) is 0 Å². The molecule has 0 aromatic heterocycles. The van der Waals surface area contributed by atoms with E-state index in [9.17, 15) is 0 Å². The van der Waals surface area contributed by atoms with Gasteiger partial charge in [0.2, 0.25) is 0 Å². The Kier molecular flexibility index (Phi) is 9.77. The van der Waals surface area contributed by atoms with E-state index in [-0.39, 0.29) is 0 Å². The second-order valence-electron chi connectivity index (χ2n) is 5.09. The van der Waals surface area contributed by atoms with E-state index < -0.39 is 25.4 Å². The van der Waals surface area contributed by atoms with Gasteiger partial charge >= 0.3 is 119 Å². The maximum atomic E-state index is 2.71. The predicted molar refractivity (Wildman–Crippen MR) is 91.1 cm³/mol. The molecule has 0 aliphatic rings. The Balaban J connectivity index is 4.61. The fraction of sp³-hybridized carbons (Fsp3) is 0.857. The van der Waals surface area contributed by atoms with Crippen molar-refractivity contribution < 1.29 is 0 Å². The second-order valence-corrected chi connectivity index (χ2v) is 31.9. The SMILES string of the molecule is C[CH2][Ge](/[CH]=C/[S][Ge]([CH2]C)([CH2]C)[CH2]C)([CH2]C)[CH2]C. The quantitative estimate of drug-likeness (QED) is 0.426. The van der Waals surface area contributed by atoms with Crippen molar-refractivity contribution in [3.63, 3.8) is 0 Å². The van der Waals surface area contributed by atoms with Crippen LogP contribution in [0.5, 0.6) is 0 Å². The Morgan fingerprint density at radius 3 is 1.41 bits per heavy atom. The fourth-order valence-electron chi connectivity index (χ4n) is 2.43. The van der Waals surface area contributed by atoms with E-state index in [2.05, 4.69) is 61.9 Å². The minimum atomic E-state index is -1.55. The molecule has 0 unspecified atom stereocenters. The molecule has 102 valence electrons. The normalized spacial score (nSPS) is 13.5. The standard InChI is InChI=1S/C14H32Ge2S/c1-7-15(8-2,9-3)13-14-17-16(10-4,11-5)12-6/h13-14H,7-12H2,1-6H3/b14-13+. The van der Waals surface area contributed by atoms with Crippen molar-refractivity contribution in [2.24, 2.45) is 0 Å². The summed E-state index contributed by atoms with van der Waals surface area (Å²) >= 11 is -3.07. The van der Waals surface area contributed by atoms with E-state index in [0.717, 1.165) is 0 Å². The van der Waals surface area contributed by atoms with Crippen LogP contribution in [0.3, 0.4) is 0 Å². The Labute approximate surface area is 118 Å². The van der Waals surface area contributed by atoms with E-state index in [4.69, 9.17) is 0 Å². The fourth-order valence-corrected chi connectivity index (χ4v) is 20.8. The summed E-state index contributed by atoms with van der Waals surface area (Å²) in [5.74, 6) is 0. The van der Waals surface area contributed by atoms with Crippen LogP contribution in [0.2, 0.25) is 31.5 Å². The molecule has 0 atom stereocenters. The second kappa shape index (κ2) is 9.14. The van der Waals surface area contributed by atoms with Gasteiger partial charge in [-0.15, -0.1) is 0 Å². The van der Waals surface area contributed by atoms with Crippen LogP contribution in [0.15, 0.2) is 10.3 Å². The van der Waals surface area contributed by atoms with Crippen molar-refractivity contribution in [3.8, 4) is 0 Å². The van der Waals surface area contributed by atoms with Gasteiger partial charge < -0.3 is 0 Å². The molecule has 0 saturated carbocycles. The van der Waals surface area contributed by atoms with Crippen LogP contribution in [0.1, 0.15) is 41.5 Å². The van der Waals surface area contributed by atoms with E-state index in [0.29, 0.717) is 0 Å². The van der Waals surface area contributed by atoms with Gasteiger partial charge in [-0.05, 0) is 0 Å². The van der Waals surface area contributed by atoms with Crippen molar-refractivity contribution in [3.05, 3.63) is 10.3 Å². The molecule has 0 amide bonds. The van der Waals surface area contributed by atoms with Crippen LogP contribution in [0.25, 0.3) is 0 Å². The number of hydrogen-bond acceptors (Lipinski definition) is 1. The summed E-state index contributed by atoms with van der Waals surface area (Å²) in [7, 11) is 2.30. The van der Waals surface area contributed by atoms with Crippen molar-refractivity contribution in [2.45, 2.75) is 73.1 Å². The number of hydrogen-bond donors (Lipinski definition) is 0. The predicted octanol–water partition coefficient (Wildman–Crippen LogP) is 6.29. The van der Waals surface area contributed by atoms with Crippen LogP contribution < -0.4 is 0 Å². The molecule has 0 radical (unpaired) electrons. The van der Waals surface area contributed by atoms with Gasteiger partial charge in [-0.25, -0.2) is 0 Å². The van der Waals surface area contributed by atoms with Gasteiger partial charge in [0.05, 0.1) is 0 Å². The molecule has 0 heterocycles. The van der Waals surface area contributed by atoms with Crippen molar-refractivity contribution in [1.82, 2.24) is 0 Å². The number of rotatable bonds is 9. The summed E-state index contributed by atoms with van der Waals surface area (Å²) in [6.07, 6.45) is 0. The van der Waals surface area contributed by atoms with Crippen molar-refractivity contribution >= 4 is 35.5 Å². The Morgan fingerprint density at radius 1 is 0.706 bits per heavy atom. The molecule has 0 nitrogen and oxygen atoms in total. The van der Waals surface area contributed by atoms with E-state index in [1.807, 2.05) is 0 Å². The van der Waals surface area contributed by atoms with Crippen LogP contribution in [0, 0.1) is 0 Å². The molecule has 0 aliphatic carbocycles. The summed E-state index contributed by atoms with van der Waals surface area (Å²) in [6, 6.07) is 0. The third-order valence-electron chi connectivity index (χ3n) is 4.79. The summed E-state index contributed by atoms with van der Waals surface area (Å²) in [5, 5.41) is 11.4. The van der Waals surface area contributed by atoms with Crippen molar-refractivity contribution in [2.75, 3.05) is 0 Å². The Morgan fingerprint density at radius 2 is 1.12 bits per heavy atom. The molecule has 0 aromatic carbocycles. The monoisotopic (exact) mass is 380 g/mol. The van der Waals surface area contributed by atoms with Gasteiger partial charge in [-0.2, -0.15) is 0 Å². The van der Waals surface area contributed by atoms with Gasteiger partial charge in [0.15, 0.2) is 0 Å². The zero-order chi connectivity index (χ0) is 13.4. The van der Waals surface area contributed by atoms with Gasteiger partial charge in [0.25, 0.3) is 0 Å². The molecule has 0 rings (SSSR count). The molecular formula is C14H32Ge2S. The molecule has 0 bridgehead atoms. The molecule has 0 spiro atoms. The van der Waals surface area contributed by atoms with E-state index in [1.54, 1.807) is 0 Å². The molecule has 0 N–H and O–H groups in total. The summed E-state index contributed by atoms with van der Waals surface area (Å²) in [6.45, 7) is 14.5. The van der Waals surface area contributed by atoms with Gasteiger partial charge in [-0.1, -0.05) is 0 Å². The first-order valence-corrected chi connectivity index (χ1v) is 21.0. The summed E-state index contributed by atoms with van der Waals surface area (Å²) in [4.78, 5) is 2.71. The Bertz CT molecular complexity index is 202. The first-order chi connectivity index (χ1) is 8.07. The first kappa shape index (κ1) is 18.2. The summed E-state index contributed by atoms with van der Waals surface area (Å²) in [5.41, 5.74) is 0. The van der Waals surface area contributed by atoms with Crippen LogP contribution in [-0.4, -0.2) is 25.4 Å². The van der Waals surface area contributed by atoms with E-state index in [1.165, 1.54) is 31.5 Å². The maximum absolute atomic E-state index is 2.71. The van der Waals surface area contributed by atoms with Crippen LogP contribution >= 0.6 is 10.1 Å².